The zero-order chi connectivity index (χ0) is 34.7. The van der Waals surface area contributed by atoms with Crippen molar-refractivity contribution < 1.29 is 18.9 Å². The van der Waals surface area contributed by atoms with Crippen molar-refractivity contribution in [2.45, 2.75) is 143 Å². The van der Waals surface area contributed by atoms with Gasteiger partial charge in [-0.25, -0.2) is 4.79 Å². The molecule has 7 heteroatoms. The first-order valence-corrected chi connectivity index (χ1v) is 21.1. The number of non-ortho nitro benzene ring substituents is 1. The average Bonchev–Trinajstić information content (AvgIpc) is 3.34. The molecular weight excluding hydrogens is 603 g/mol. The van der Waals surface area contributed by atoms with Gasteiger partial charge >= 0.3 is 5.97 Å². The molecule has 0 heterocycles. The lowest BCUT2D eigenvalue weighted by Crippen LogP contribution is -2.46. The minimum absolute atomic E-state index is 0.0513. The summed E-state index contributed by atoms with van der Waals surface area (Å²) in [5.41, 5.74) is 4.09. The summed E-state index contributed by atoms with van der Waals surface area (Å²) in [4.78, 5) is 23.9. The van der Waals surface area contributed by atoms with E-state index in [2.05, 4.69) is 80.3 Å². The molecule has 0 saturated heterocycles. The van der Waals surface area contributed by atoms with Crippen molar-refractivity contribution in [3.8, 4) is 0 Å². The number of nitro groups is 1. The Bertz CT molecular complexity index is 1350. The maximum atomic E-state index is 13.3. The van der Waals surface area contributed by atoms with E-state index in [1.807, 2.05) is 0 Å². The highest BCUT2D eigenvalue weighted by Crippen LogP contribution is 2.60. The highest BCUT2D eigenvalue weighted by molar-refractivity contribution is 6.74. The van der Waals surface area contributed by atoms with Crippen LogP contribution in [-0.2, 0) is 9.16 Å². The van der Waals surface area contributed by atoms with Crippen LogP contribution >= 0.6 is 0 Å². The highest BCUT2D eigenvalue weighted by atomic mass is 28.4. The van der Waals surface area contributed by atoms with Gasteiger partial charge in [0, 0.05) is 18.6 Å². The third kappa shape index (κ3) is 8.75. The standard InChI is InChI=1S/C40H61NO5Si/c1-27(2)13-11-14-28(3)35-22-23-36-30(15-12-24-40(35,36)8)16-17-32-25-34(46-47(9,10)39(5,6)7)26-37(29(32)4)45-38(42)31-18-20-33(21-19-31)41(43)44/h16-21,27-28,34-37H,4,11-15,22-26H2,1-3,5-10H3/b30-16+,32-17+/t28-,34-,35-,36+,37+,40-/m1/s1. The monoisotopic (exact) mass is 663 g/mol. The maximum Gasteiger partial charge on any atom is 0.338 e. The van der Waals surface area contributed by atoms with Gasteiger partial charge in [-0.3, -0.25) is 10.1 Å². The quantitative estimate of drug-likeness (QED) is 0.102. The summed E-state index contributed by atoms with van der Waals surface area (Å²) < 4.78 is 13.0. The maximum absolute atomic E-state index is 13.3. The lowest BCUT2D eigenvalue weighted by Gasteiger charge is -2.44. The van der Waals surface area contributed by atoms with Gasteiger partial charge in [0.1, 0.15) is 6.10 Å². The zero-order valence-electron chi connectivity index (χ0n) is 30.7. The van der Waals surface area contributed by atoms with Crippen LogP contribution in [0.25, 0.3) is 0 Å². The molecule has 0 spiro atoms. The molecule has 1 aromatic carbocycles. The van der Waals surface area contributed by atoms with Crippen molar-refractivity contribution in [3.63, 3.8) is 0 Å². The van der Waals surface area contributed by atoms with Gasteiger partial charge in [-0.15, -0.1) is 0 Å². The first-order chi connectivity index (χ1) is 21.9. The van der Waals surface area contributed by atoms with Crippen molar-refractivity contribution >= 4 is 20.0 Å². The molecule has 6 atom stereocenters. The van der Waals surface area contributed by atoms with Crippen LogP contribution in [0.2, 0.25) is 18.1 Å². The van der Waals surface area contributed by atoms with E-state index in [4.69, 9.17) is 9.16 Å². The number of ether oxygens (including phenoxy) is 1. The third-order valence-electron chi connectivity index (χ3n) is 12.2. The van der Waals surface area contributed by atoms with Gasteiger partial charge < -0.3 is 9.16 Å². The Morgan fingerprint density at radius 1 is 1.13 bits per heavy atom. The van der Waals surface area contributed by atoms with E-state index in [0.717, 1.165) is 41.7 Å². The number of hydrogen-bond donors (Lipinski definition) is 0. The molecular formula is C40H61NO5Si. The molecule has 0 aromatic heterocycles. The fourth-order valence-corrected chi connectivity index (χ4v) is 9.78. The van der Waals surface area contributed by atoms with Crippen LogP contribution in [0.3, 0.4) is 0 Å². The molecule has 260 valence electrons. The molecule has 3 saturated carbocycles. The van der Waals surface area contributed by atoms with E-state index in [9.17, 15) is 14.9 Å². The van der Waals surface area contributed by atoms with Crippen molar-refractivity contribution in [3.05, 3.63) is 75.4 Å². The van der Waals surface area contributed by atoms with Crippen molar-refractivity contribution in [1.29, 1.82) is 0 Å². The Morgan fingerprint density at radius 2 is 1.81 bits per heavy atom. The van der Waals surface area contributed by atoms with Gasteiger partial charge in [0.05, 0.1) is 16.6 Å². The van der Waals surface area contributed by atoms with Gasteiger partial charge in [0.15, 0.2) is 8.32 Å². The third-order valence-corrected chi connectivity index (χ3v) is 16.8. The van der Waals surface area contributed by atoms with E-state index in [-0.39, 0.29) is 16.8 Å². The molecule has 0 unspecified atom stereocenters. The lowest BCUT2D eigenvalue weighted by atomic mass is 9.60. The summed E-state index contributed by atoms with van der Waals surface area (Å²) in [7, 11) is -2.09. The molecule has 0 N–H and O–H groups in total. The van der Waals surface area contributed by atoms with Crippen molar-refractivity contribution in [2.24, 2.45) is 29.1 Å². The molecule has 47 heavy (non-hydrogen) atoms. The molecule has 3 aliphatic carbocycles. The van der Waals surface area contributed by atoms with E-state index in [1.165, 1.54) is 69.2 Å². The summed E-state index contributed by atoms with van der Waals surface area (Å²) in [6, 6.07) is 5.59. The molecule has 3 fully saturated rings. The number of carbonyl (C=O) groups is 1. The smallest absolute Gasteiger partial charge is 0.338 e. The van der Waals surface area contributed by atoms with Crippen LogP contribution in [0.5, 0.6) is 0 Å². The molecule has 3 aliphatic rings. The Labute approximate surface area is 285 Å². The molecule has 0 radical (unpaired) electrons. The molecule has 0 amide bonds. The van der Waals surface area contributed by atoms with Crippen LogP contribution in [0.15, 0.2) is 59.7 Å². The molecule has 0 bridgehead atoms. The molecule has 6 nitrogen and oxygen atoms in total. The van der Waals surface area contributed by atoms with E-state index in [1.54, 1.807) is 5.57 Å². The predicted molar refractivity (Wildman–Crippen MR) is 195 cm³/mol. The lowest BCUT2D eigenvalue weighted by molar-refractivity contribution is -0.384. The van der Waals surface area contributed by atoms with E-state index < -0.39 is 25.3 Å². The summed E-state index contributed by atoms with van der Waals surface area (Å²) in [6.07, 6.45) is 15.6. The average molecular weight is 664 g/mol. The Hall–Kier alpha value is -2.51. The number of fused-ring (bicyclic) bond motifs is 1. The van der Waals surface area contributed by atoms with E-state index in [0.29, 0.717) is 23.3 Å². The topological polar surface area (TPSA) is 78.7 Å². The fourth-order valence-electron chi connectivity index (χ4n) is 8.41. The number of nitrogens with zero attached hydrogens (tertiary/aromatic N) is 1. The number of benzene rings is 1. The van der Waals surface area contributed by atoms with Gasteiger partial charge in [-0.1, -0.05) is 92.0 Å². The van der Waals surface area contributed by atoms with Crippen LogP contribution < -0.4 is 0 Å². The van der Waals surface area contributed by atoms with Crippen LogP contribution in [0, 0.1) is 39.2 Å². The normalized spacial score (nSPS) is 29.3. The number of allylic oxidation sites excluding steroid dienone is 3. The number of rotatable bonds is 11. The summed E-state index contributed by atoms with van der Waals surface area (Å²) in [5, 5.41) is 11.2. The minimum Gasteiger partial charge on any atom is -0.454 e. The second kappa shape index (κ2) is 14.9. The number of nitro benzene ring substituents is 1. The highest BCUT2D eigenvalue weighted by Gasteiger charge is 2.50. The van der Waals surface area contributed by atoms with Crippen LogP contribution in [0.4, 0.5) is 5.69 Å². The molecule has 0 aliphatic heterocycles. The number of hydrogen-bond acceptors (Lipinski definition) is 5. The first-order valence-electron chi connectivity index (χ1n) is 18.1. The number of carbonyl (C=O) groups excluding carboxylic acids is 1. The summed E-state index contributed by atoms with van der Waals surface area (Å²) in [6.45, 7) is 25.5. The molecule has 4 rings (SSSR count). The van der Waals surface area contributed by atoms with E-state index >= 15 is 0 Å². The molecule has 1 aromatic rings. The Balaban J connectivity index is 1.57. The Morgan fingerprint density at radius 3 is 2.43 bits per heavy atom. The van der Waals surface area contributed by atoms with Crippen molar-refractivity contribution in [1.82, 2.24) is 0 Å². The van der Waals surface area contributed by atoms with Gasteiger partial charge in [-0.05, 0) is 109 Å². The second-order valence-corrected chi connectivity index (χ2v) is 21.8. The van der Waals surface area contributed by atoms with Crippen molar-refractivity contribution in [2.75, 3.05) is 0 Å². The summed E-state index contributed by atoms with van der Waals surface area (Å²) >= 11 is 0. The second-order valence-electron chi connectivity index (χ2n) is 17.0. The van der Waals surface area contributed by atoms with Gasteiger partial charge in [0.25, 0.3) is 5.69 Å². The summed E-state index contributed by atoms with van der Waals surface area (Å²) in [5.74, 6) is 2.44. The minimum atomic E-state index is -2.09. The fraction of sp³-hybridized carbons (Fsp3) is 0.675. The van der Waals surface area contributed by atoms with Gasteiger partial charge in [-0.2, -0.15) is 0 Å². The number of esters is 1. The van der Waals surface area contributed by atoms with Crippen LogP contribution in [0.1, 0.15) is 123 Å². The zero-order valence-corrected chi connectivity index (χ0v) is 31.7. The SMILES string of the molecule is C=C1/C(=C/C=C2\CCC[C@]3(C)[C@@H]([C@H](C)CCCC(C)C)CC[C@@H]23)C[C@@H](O[Si](C)(C)C(C)(C)C)C[C@@H]1OC(=O)c1ccc([N+](=O)[O-])cc1. The largest absolute Gasteiger partial charge is 0.454 e. The first kappa shape index (κ1) is 37.3. The Kier molecular flexibility index (Phi) is 11.9. The van der Waals surface area contributed by atoms with Gasteiger partial charge in [0.2, 0.25) is 0 Å². The predicted octanol–water partition coefficient (Wildman–Crippen LogP) is 11.4. The van der Waals surface area contributed by atoms with Crippen LogP contribution in [-0.4, -0.2) is 31.4 Å².